The molecule has 0 unspecified atom stereocenters. The molecule has 0 N–H and O–H groups in total. The molecule has 0 spiro atoms. The molecule has 1 rings (SSSR count). The van der Waals surface area contributed by atoms with Crippen LogP contribution in [0.3, 0.4) is 0 Å². The average Bonchev–Trinajstić information content (AvgIpc) is 2.02. The zero-order valence-electron chi connectivity index (χ0n) is 8.45. The maximum absolute atomic E-state index is 5.77. The van der Waals surface area contributed by atoms with Gasteiger partial charge >= 0.3 is 0 Å². The SMILES string of the molecule is C=C(CCl)c1c(C)cc(C)cc1C. The molecule has 0 saturated heterocycles. The first-order chi connectivity index (χ1) is 6.06. The van der Waals surface area contributed by atoms with Gasteiger partial charge in [0, 0.05) is 5.88 Å². The quantitative estimate of drug-likeness (QED) is 0.628. The van der Waals surface area contributed by atoms with Crippen LogP contribution in [0.1, 0.15) is 22.3 Å². The summed E-state index contributed by atoms with van der Waals surface area (Å²) in [6, 6.07) is 4.33. The van der Waals surface area contributed by atoms with E-state index in [0.29, 0.717) is 5.88 Å². The van der Waals surface area contributed by atoms with Crippen LogP contribution in [0.15, 0.2) is 18.7 Å². The number of alkyl halides is 1. The van der Waals surface area contributed by atoms with Crippen molar-refractivity contribution < 1.29 is 0 Å². The van der Waals surface area contributed by atoms with Crippen molar-refractivity contribution in [2.24, 2.45) is 0 Å². The van der Waals surface area contributed by atoms with Gasteiger partial charge in [-0.15, -0.1) is 11.6 Å². The molecule has 0 aliphatic heterocycles. The molecule has 0 nitrogen and oxygen atoms in total. The van der Waals surface area contributed by atoms with Crippen molar-refractivity contribution in [3.63, 3.8) is 0 Å². The van der Waals surface area contributed by atoms with Crippen molar-refractivity contribution in [3.8, 4) is 0 Å². The lowest BCUT2D eigenvalue weighted by molar-refractivity contribution is 1.28. The Morgan fingerprint density at radius 2 is 1.69 bits per heavy atom. The minimum Gasteiger partial charge on any atom is -0.122 e. The molecule has 70 valence electrons. The number of halogens is 1. The summed E-state index contributed by atoms with van der Waals surface area (Å²) in [7, 11) is 0. The number of hydrogen-bond donors (Lipinski definition) is 0. The van der Waals surface area contributed by atoms with Crippen LogP contribution >= 0.6 is 11.6 Å². The van der Waals surface area contributed by atoms with E-state index in [-0.39, 0.29) is 0 Å². The lowest BCUT2D eigenvalue weighted by Gasteiger charge is -2.11. The first-order valence-electron chi connectivity index (χ1n) is 4.38. The lowest BCUT2D eigenvalue weighted by atomic mass is 9.95. The third-order valence-corrected chi connectivity index (χ3v) is 2.51. The third-order valence-electron chi connectivity index (χ3n) is 2.19. The van der Waals surface area contributed by atoms with Crippen LogP contribution in [0.2, 0.25) is 0 Å². The Labute approximate surface area is 85.2 Å². The van der Waals surface area contributed by atoms with Crippen molar-refractivity contribution in [1.82, 2.24) is 0 Å². The molecule has 0 saturated carbocycles. The molecule has 0 bridgehead atoms. The van der Waals surface area contributed by atoms with Crippen LogP contribution in [0.5, 0.6) is 0 Å². The van der Waals surface area contributed by atoms with E-state index in [9.17, 15) is 0 Å². The van der Waals surface area contributed by atoms with Gasteiger partial charge in [-0.2, -0.15) is 0 Å². The van der Waals surface area contributed by atoms with Crippen LogP contribution in [-0.2, 0) is 0 Å². The second-order valence-electron chi connectivity index (χ2n) is 3.51. The first kappa shape index (κ1) is 10.3. The number of benzene rings is 1. The van der Waals surface area contributed by atoms with Crippen LogP contribution in [-0.4, -0.2) is 5.88 Å². The Kier molecular flexibility index (Phi) is 3.16. The Bertz CT molecular complexity index is 314. The average molecular weight is 195 g/mol. The maximum Gasteiger partial charge on any atom is 0.0474 e. The topological polar surface area (TPSA) is 0 Å². The molecular formula is C12H15Cl. The van der Waals surface area contributed by atoms with E-state index in [4.69, 9.17) is 11.6 Å². The van der Waals surface area contributed by atoms with Crippen molar-refractivity contribution in [1.29, 1.82) is 0 Å². The van der Waals surface area contributed by atoms with E-state index in [1.165, 1.54) is 22.3 Å². The smallest absolute Gasteiger partial charge is 0.0474 e. The second-order valence-corrected chi connectivity index (χ2v) is 3.78. The van der Waals surface area contributed by atoms with Gasteiger partial charge in [0.15, 0.2) is 0 Å². The van der Waals surface area contributed by atoms with E-state index in [0.717, 1.165) is 5.57 Å². The maximum atomic E-state index is 5.77. The summed E-state index contributed by atoms with van der Waals surface area (Å²) >= 11 is 5.77. The summed E-state index contributed by atoms with van der Waals surface area (Å²) in [5, 5.41) is 0. The Balaban J connectivity index is 3.28. The third kappa shape index (κ3) is 2.13. The Morgan fingerprint density at radius 1 is 1.23 bits per heavy atom. The fraction of sp³-hybridized carbons (Fsp3) is 0.333. The highest BCUT2D eigenvalue weighted by Crippen LogP contribution is 2.23. The van der Waals surface area contributed by atoms with Crippen molar-refractivity contribution in [2.75, 3.05) is 5.88 Å². The van der Waals surface area contributed by atoms with E-state index < -0.39 is 0 Å². The molecule has 0 aliphatic rings. The summed E-state index contributed by atoms with van der Waals surface area (Å²) < 4.78 is 0. The van der Waals surface area contributed by atoms with Gasteiger partial charge in [-0.25, -0.2) is 0 Å². The van der Waals surface area contributed by atoms with Gasteiger partial charge in [-0.05, 0) is 43.0 Å². The zero-order valence-corrected chi connectivity index (χ0v) is 9.20. The van der Waals surface area contributed by atoms with Gasteiger partial charge in [-0.3, -0.25) is 0 Å². The number of aryl methyl sites for hydroxylation is 3. The normalized spacial score (nSPS) is 10.2. The second kappa shape index (κ2) is 3.97. The van der Waals surface area contributed by atoms with E-state index >= 15 is 0 Å². The largest absolute Gasteiger partial charge is 0.122 e. The molecule has 1 aromatic rings. The molecule has 0 aromatic heterocycles. The predicted octanol–water partition coefficient (Wildman–Crippen LogP) is 3.86. The van der Waals surface area contributed by atoms with Gasteiger partial charge in [-0.1, -0.05) is 24.3 Å². The highest BCUT2D eigenvalue weighted by atomic mass is 35.5. The standard InChI is InChI=1S/C12H15Cl/c1-8-5-9(2)12(10(3)6-8)11(4)7-13/h5-6H,4,7H2,1-3H3. The molecule has 0 radical (unpaired) electrons. The number of allylic oxidation sites excluding steroid dienone is 1. The summed E-state index contributed by atoms with van der Waals surface area (Å²) in [6.45, 7) is 10.3. The van der Waals surface area contributed by atoms with Crippen molar-refractivity contribution >= 4 is 17.2 Å². The van der Waals surface area contributed by atoms with Gasteiger partial charge in [0.05, 0.1) is 0 Å². The monoisotopic (exact) mass is 194 g/mol. The highest BCUT2D eigenvalue weighted by Gasteiger charge is 2.05. The molecule has 1 aromatic carbocycles. The number of hydrogen-bond acceptors (Lipinski definition) is 0. The Hall–Kier alpha value is -0.750. The fourth-order valence-corrected chi connectivity index (χ4v) is 1.94. The van der Waals surface area contributed by atoms with Gasteiger partial charge in [0.2, 0.25) is 0 Å². The van der Waals surface area contributed by atoms with Crippen molar-refractivity contribution in [3.05, 3.63) is 41.0 Å². The van der Waals surface area contributed by atoms with Crippen LogP contribution in [0, 0.1) is 20.8 Å². The van der Waals surface area contributed by atoms with Gasteiger partial charge in [0.1, 0.15) is 0 Å². The molecule has 0 heterocycles. The van der Waals surface area contributed by atoms with E-state index in [2.05, 4.69) is 39.5 Å². The minimum atomic E-state index is 0.505. The van der Waals surface area contributed by atoms with Gasteiger partial charge in [0.25, 0.3) is 0 Å². The minimum absolute atomic E-state index is 0.505. The lowest BCUT2D eigenvalue weighted by Crippen LogP contribution is -1.94. The summed E-state index contributed by atoms with van der Waals surface area (Å²) in [4.78, 5) is 0. The Morgan fingerprint density at radius 3 is 2.08 bits per heavy atom. The molecule has 0 aliphatic carbocycles. The molecule has 0 amide bonds. The van der Waals surface area contributed by atoms with E-state index in [1.54, 1.807) is 0 Å². The highest BCUT2D eigenvalue weighted by molar-refractivity contribution is 6.23. The van der Waals surface area contributed by atoms with E-state index in [1.807, 2.05) is 0 Å². The zero-order chi connectivity index (χ0) is 10.0. The summed E-state index contributed by atoms with van der Waals surface area (Å²) in [5.74, 6) is 0.505. The number of rotatable bonds is 2. The van der Waals surface area contributed by atoms with Crippen molar-refractivity contribution in [2.45, 2.75) is 20.8 Å². The molecule has 13 heavy (non-hydrogen) atoms. The van der Waals surface area contributed by atoms with Gasteiger partial charge < -0.3 is 0 Å². The molecule has 0 atom stereocenters. The predicted molar refractivity (Wildman–Crippen MR) is 60.4 cm³/mol. The van der Waals surface area contributed by atoms with Crippen LogP contribution in [0.4, 0.5) is 0 Å². The molecule has 0 fully saturated rings. The summed E-state index contributed by atoms with van der Waals surface area (Å²) in [5.41, 5.74) is 6.06. The van der Waals surface area contributed by atoms with Crippen LogP contribution < -0.4 is 0 Å². The fourth-order valence-electron chi connectivity index (χ4n) is 1.80. The summed E-state index contributed by atoms with van der Waals surface area (Å²) in [6.07, 6.45) is 0. The molecular weight excluding hydrogens is 180 g/mol. The first-order valence-corrected chi connectivity index (χ1v) is 4.91. The molecule has 1 heteroatoms. The van der Waals surface area contributed by atoms with Crippen LogP contribution in [0.25, 0.3) is 5.57 Å².